The summed E-state index contributed by atoms with van der Waals surface area (Å²) >= 11 is 0. The third-order valence-electron chi connectivity index (χ3n) is 3.24. The number of para-hydroxylation sites is 1. The van der Waals surface area contributed by atoms with Gasteiger partial charge in [0.2, 0.25) is 0 Å². The van der Waals surface area contributed by atoms with Crippen LogP contribution in [0.5, 0.6) is 5.75 Å². The van der Waals surface area contributed by atoms with Crippen LogP contribution in [-0.4, -0.2) is 18.5 Å². The zero-order valence-electron chi connectivity index (χ0n) is 13.8. The van der Waals surface area contributed by atoms with Gasteiger partial charge in [0.25, 0.3) is 0 Å². The van der Waals surface area contributed by atoms with E-state index in [-0.39, 0.29) is 11.9 Å². The molecule has 0 atom stereocenters. The highest BCUT2D eigenvalue weighted by Gasteiger charge is 2.11. The van der Waals surface area contributed by atoms with Gasteiger partial charge in [0.1, 0.15) is 5.75 Å². The Kier molecular flexibility index (Phi) is 8.26. The molecule has 122 valence electrons. The molecule has 0 spiro atoms. The summed E-state index contributed by atoms with van der Waals surface area (Å²) in [5.74, 6) is 0.484. The molecule has 0 unspecified atom stereocenters. The molecular formula is C18H26O4. The Labute approximate surface area is 132 Å². The third kappa shape index (κ3) is 6.74. The highest BCUT2D eigenvalue weighted by Crippen LogP contribution is 2.26. The second-order valence-electron chi connectivity index (χ2n) is 5.59. The Morgan fingerprint density at radius 1 is 1.05 bits per heavy atom. The highest BCUT2D eigenvalue weighted by atomic mass is 16.5. The van der Waals surface area contributed by atoms with E-state index < -0.39 is 0 Å². The number of hydrogen-bond donors (Lipinski definition) is 0. The van der Waals surface area contributed by atoms with Crippen molar-refractivity contribution in [3.63, 3.8) is 0 Å². The van der Waals surface area contributed by atoms with Crippen molar-refractivity contribution in [3.8, 4) is 5.75 Å². The minimum atomic E-state index is -0.255. The van der Waals surface area contributed by atoms with Gasteiger partial charge >= 0.3 is 11.9 Å². The first-order valence-electron chi connectivity index (χ1n) is 7.99. The number of carbonyl (C=O) groups excluding carboxylic acids is 2. The fraction of sp³-hybridized carbons (Fsp3) is 0.556. The Morgan fingerprint density at radius 3 is 2.32 bits per heavy atom. The number of carbonyl (C=O) groups is 2. The Balaban J connectivity index is 2.31. The van der Waals surface area contributed by atoms with Gasteiger partial charge in [-0.15, -0.1) is 0 Å². The van der Waals surface area contributed by atoms with E-state index in [1.165, 1.54) is 0 Å². The van der Waals surface area contributed by atoms with Crippen molar-refractivity contribution in [1.82, 2.24) is 0 Å². The second-order valence-corrected chi connectivity index (χ2v) is 5.59. The van der Waals surface area contributed by atoms with E-state index in [2.05, 4.69) is 13.8 Å². The Morgan fingerprint density at radius 2 is 1.68 bits per heavy atom. The molecule has 4 nitrogen and oxygen atoms in total. The van der Waals surface area contributed by atoms with Crippen LogP contribution in [0.3, 0.4) is 0 Å². The quantitative estimate of drug-likeness (QED) is 0.389. The number of benzene rings is 1. The van der Waals surface area contributed by atoms with Crippen molar-refractivity contribution in [1.29, 1.82) is 0 Å². The molecule has 1 rings (SSSR count). The standard InChI is InChI=1S/C18H26O4/c1-4-13-21-17(19)11-7-8-12-18(20)22-16-10-6-5-9-15(16)14(2)3/h5-6,9-10,14H,4,7-8,11-13H2,1-3H3. The van der Waals surface area contributed by atoms with Gasteiger partial charge in [0.15, 0.2) is 0 Å². The van der Waals surface area contributed by atoms with E-state index in [1.54, 1.807) is 0 Å². The average molecular weight is 306 g/mol. The molecule has 0 aliphatic rings. The summed E-state index contributed by atoms with van der Waals surface area (Å²) in [7, 11) is 0. The maximum absolute atomic E-state index is 11.9. The normalized spacial score (nSPS) is 10.5. The van der Waals surface area contributed by atoms with Gasteiger partial charge in [-0.3, -0.25) is 9.59 Å². The van der Waals surface area contributed by atoms with Crippen molar-refractivity contribution in [2.75, 3.05) is 6.61 Å². The van der Waals surface area contributed by atoms with Gasteiger partial charge in [-0.1, -0.05) is 39.0 Å². The predicted octanol–water partition coefficient (Wildman–Crippen LogP) is 4.23. The number of hydrogen-bond acceptors (Lipinski definition) is 4. The van der Waals surface area contributed by atoms with Crippen molar-refractivity contribution < 1.29 is 19.1 Å². The summed E-state index contributed by atoms with van der Waals surface area (Å²) in [6.07, 6.45) is 2.77. The van der Waals surface area contributed by atoms with Gasteiger partial charge in [-0.05, 0) is 36.8 Å². The molecule has 0 radical (unpaired) electrons. The fourth-order valence-corrected chi connectivity index (χ4v) is 2.05. The molecule has 0 aromatic heterocycles. The molecule has 0 saturated carbocycles. The molecule has 0 fully saturated rings. The van der Waals surface area contributed by atoms with Gasteiger partial charge in [-0.2, -0.15) is 0 Å². The lowest BCUT2D eigenvalue weighted by Crippen LogP contribution is -2.10. The summed E-state index contributed by atoms with van der Waals surface area (Å²) in [6, 6.07) is 7.58. The van der Waals surface area contributed by atoms with Gasteiger partial charge in [-0.25, -0.2) is 0 Å². The first kappa shape index (κ1) is 18.2. The van der Waals surface area contributed by atoms with Crippen LogP contribution < -0.4 is 4.74 Å². The van der Waals surface area contributed by atoms with Crippen molar-refractivity contribution in [3.05, 3.63) is 29.8 Å². The lowest BCUT2D eigenvalue weighted by Gasteiger charge is -2.12. The molecule has 1 aromatic rings. The van der Waals surface area contributed by atoms with Crippen LogP contribution in [-0.2, 0) is 14.3 Å². The molecule has 0 saturated heterocycles. The predicted molar refractivity (Wildman–Crippen MR) is 85.9 cm³/mol. The van der Waals surface area contributed by atoms with Crippen molar-refractivity contribution >= 4 is 11.9 Å². The van der Waals surface area contributed by atoms with Crippen molar-refractivity contribution in [2.24, 2.45) is 0 Å². The molecule has 4 heteroatoms. The minimum Gasteiger partial charge on any atom is -0.466 e. The number of ether oxygens (including phenoxy) is 2. The molecule has 22 heavy (non-hydrogen) atoms. The monoisotopic (exact) mass is 306 g/mol. The lowest BCUT2D eigenvalue weighted by atomic mass is 10.0. The summed E-state index contributed by atoms with van der Waals surface area (Å²) < 4.78 is 10.4. The lowest BCUT2D eigenvalue weighted by molar-refractivity contribution is -0.144. The van der Waals surface area contributed by atoms with E-state index in [0.717, 1.165) is 12.0 Å². The fourth-order valence-electron chi connectivity index (χ4n) is 2.05. The Bertz CT molecular complexity index is 480. The molecule has 0 amide bonds. The van der Waals surface area contributed by atoms with Crippen LogP contribution in [0, 0.1) is 0 Å². The SMILES string of the molecule is CCCOC(=O)CCCCC(=O)Oc1ccccc1C(C)C. The molecule has 0 N–H and O–H groups in total. The van der Waals surface area contributed by atoms with E-state index in [9.17, 15) is 9.59 Å². The molecule has 0 bridgehead atoms. The molecule has 0 heterocycles. The van der Waals surface area contributed by atoms with Crippen LogP contribution in [0.25, 0.3) is 0 Å². The first-order chi connectivity index (χ1) is 10.5. The second kappa shape index (κ2) is 9.98. The summed E-state index contributed by atoms with van der Waals surface area (Å²) in [5, 5.41) is 0. The minimum absolute atomic E-state index is 0.194. The maximum Gasteiger partial charge on any atom is 0.311 e. The summed E-state index contributed by atoms with van der Waals surface area (Å²) in [5.41, 5.74) is 1.03. The van der Waals surface area contributed by atoms with E-state index in [1.807, 2.05) is 31.2 Å². The van der Waals surface area contributed by atoms with Crippen LogP contribution >= 0.6 is 0 Å². The summed E-state index contributed by atoms with van der Waals surface area (Å²) in [4.78, 5) is 23.2. The smallest absolute Gasteiger partial charge is 0.311 e. The zero-order chi connectivity index (χ0) is 16.4. The van der Waals surface area contributed by atoms with Crippen LogP contribution in [0.15, 0.2) is 24.3 Å². The van der Waals surface area contributed by atoms with E-state index in [0.29, 0.717) is 44.0 Å². The van der Waals surface area contributed by atoms with Crippen LogP contribution in [0.1, 0.15) is 64.4 Å². The van der Waals surface area contributed by atoms with Gasteiger partial charge in [0.05, 0.1) is 6.61 Å². The average Bonchev–Trinajstić information content (AvgIpc) is 2.49. The van der Waals surface area contributed by atoms with E-state index >= 15 is 0 Å². The van der Waals surface area contributed by atoms with E-state index in [4.69, 9.17) is 9.47 Å². The number of esters is 2. The van der Waals surface area contributed by atoms with Crippen LogP contribution in [0.4, 0.5) is 0 Å². The maximum atomic E-state index is 11.9. The zero-order valence-corrected chi connectivity index (χ0v) is 13.8. The van der Waals surface area contributed by atoms with Gasteiger partial charge < -0.3 is 9.47 Å². The topological polar surface area (TPSA) is 52.6 Å². The highest BCUT2D eigenvalue weighted by molar-refractivity contribution is 5.73. The molecule has 1 aromatic carbocycles. The van der Waals surface area contributed by atoms with Gasteiger partial charge in [0, 0.05) is 12.8 Å². The largest absolute Gasteiger partial charge is 0.466 e. The summed E-state index contributed by atoms with van der Waals surface area (Å²) in [6.45, 7) is 6.55. The first-order valence-corrected chi connectivity index (χ1v) is 7.99. The molecule has 0 aliphatic carbocycles. The van der Waals surface area contributed by atoms with Crippen LogP contribution in [0.2, 0.25) is 0 Å². The van der Waals surface area contributed by atoms with Crippen molar-refractivity contribution in [2.45, 2.75) is 58.8 Å². The third-order valence-corrected chi connectivity index (χ3v) is 3.24. The Hall–Kier alpha value is -1.84. The molecule has 0 aliphatic heterocycles. The number of unbranched alkanes of at least 4 members (excludes halogenated alkanes) is 1. The number of rotatable bonds is 9. The molecular weight excluding hydrogens is 280 g/mol.